The van der Waals surface area contributed by atoms with Crippen molar-refractivity contribution >= 4 is 0 Å². The van der Waals surface area contributed by atoms with E-state index in [0.717, 1.165) is 51.7 Å². The Labute approximate surface area is 123 Å². The summed E-state index contributed by atoms with van der Waals surface area (Å²) in [6.07, 6.45) is 9.88. The molecular weight excluding hydrogens is 252 g/mol. The first-order valence-corrected chi connectivity index (χ1v) is 8.50. The zero-order valence-electron chi connectivity index (χ0n) is 12.7. The maximum absolute atomic E-state index is 6.19. The van der Waals surface area contributed by atoms with Crippen molar-refractivity contribution in [2.75, 3.05) is 32.9 Å². The highest BCUT2D eigenvalue weighted by atomic mass is 16.5. The second-order valence-electron chi connectivity index (χ2n) is 6.76. The van der Waals surface area contributed by atoms with Gasteiger partial charge in [-0.1, -0.05) is 6.42 Å². The second kappa shape index (κ2) is 6.73. The van der Waals surface area contributed by atoms with Gasteiger partial charge in [0.05, 0.1) is 5.60 Å². The number of ether oxygens (including phenoxy) is 2. The van der Waals surface area contributed by atoms with E-state index in [1.807, 2.05) is 0 Å². The Hall–Kier alpha value is -0.160. The molecule has 1 spiro atoms. The van der Waals surface area contributed by atoms with Crippen LogP contribution in [0, 0.1) is 0 Å². The molecule has 116 valence electrons. The topological polar surface area (TPSA) is 47.7 Å². The monoisotopic (exact) mass is 282 g/mol. The molecule has 0 aromatic heterocycles. The summed E-state index contributed by atoms with van der Waals surface area (Å²) in [4.78, 5) is 2.77. The van der Waals surface area contributed by atoms with Gasteiger partial charge < -0.3 is 15.2 Å². The molecule has 2 N–H and O–H groups in total. The van der Waals surface area contributed by atoms with E-state index in [1.54, 1.807) is 0 Å². The summed E-state index contributed by atoms with van der Waals surface area (Å²) in [6.45, 7) is 4.66. The van der Waals surface area contributed by atoms with Crippen molar-refractivity contribution in [3.63, 3.8) is 0 Å². The maximum Gasteiger partial charge on any atom is 0.0741 e. The third-order valence-corrected chi connectivity index (χ3v) is 5.50. The molecule has 1 unspecified atom stereocenters. The molecule has 0 aromatic rings. The zero-order chi connectivity index (χ0) is 13.8. The van der Waals surface area contributed by atoms with Crippen molar-refractivity contribution in [1.82, 2.24) is 4.90 Å². The van der Waals surface area contributed by atoms with Crippen molar-refractivity contribution < 1.29 is 9.47 Å². The summed E-state index contributed by atoms with van der Waals surface area (Å²) >= 11 is 0. The van der Waals surface area contributed by atoms with Gasteiger partial charge in [0.15, 0.2) is 0 Å². The van der Waals surface area contributed by atoms with Gasteiger partial charge in [0.1, 0.15) is 0 Å². The first kappa shape index (κ1) is 14.8. The number of nitrogens with zero attached hydrogens (tertiary/aromatic N) is 1. The largest absolute Gasteiger partial charge is 0.381 e. The van der Waals surface area contributed by atoms with E-state index in [-0.39, 0.29) is 5.60 Å². The van der Waals surface area contributed by atoms with Gasteiger partial charge in [0.25, 0.3) is 0 Å². The van der Waals surface area contributed by atoms with Gasteiger partial charge in [-0.15, -0.1) is 0 Å². The predicted octanol–water partition coefficient (Wildman–Crippen LogP) is 1.92. The molecule has 1 aliphatic carbocycles. The maximum atomic E-state index is 6.19. The lowest BCUT2D eigenvalue weighted by atomic mass is 9.81. The number of hydrogen-bond donors (Lipinski definition) is 1. The Morgan fingerprint density at radius 2 is 1.85 bits per heavy atom. The van der Waals surface area contributed by atoms with E-state index in [1.165, 1.54) is 38.6 Å². The highest BCUT2D eigenvalue weighted by Crippen LogP contribution is 2.38. The molecule has 2 heterocycles. The minimum Gasteiger partial charge on any atom is -0.381 e. The third-order valence-electron chi connectivity index (χ3n) is 5.50. The molecule has 0 bridgehead atoms. The lowest BCUT2D eigenvalue weighted by Crippen LogP contribution is -2.55. The van der Waals surface area contributed by atoms with Crippen molar-refractivity contribution in [2.24, 2.45) is 5.73 Å². The normalized spacial score (nSPS) is 30.6. The quantitative estimate of drug-likeness (QED) is 0.837. The fraction of sp³-hybridized carbons (Fsp3) is 1.00. The van der Waals surface area contributed by atoms with E-state index in [9.17, 15) is 0 Å². The van der Waals surface area contributed by atoms with E-state index in [4.69, 9.17) is 15.2 Å². The van der Waals surface area contributed by atoms with Gasteiger partial charge in [0, 0.05) is 31.9 Å². The highest BCUT2D eigenvalue weighted by Gasteiger charge is 2.42. The molecule has 2 aliphatic heterocycles. The van der Waals surface area contributed by atoms with Crippen molar-refractivity contribution in [1.29, 1.82) is 0 Å². The Kier molecular flexibility index (Phi) is 4.97. The molecule has 20 heavy (non-hydrogen) atoms. The van der Waals surface area contributed by atoms with E-state index in [2.05, 4.69) is 4.90 Å². The average Bonchev–Trinajstić information content (AvgIpc) is 2.42. The van der Waals surface area contributed by atoms with Gasteiger partial charge in [0.2, 0.25) is 0 Å². The van der Waals surface area contributed by atoms with Crippen LogP contribution in [0.25, 0.3) is 0 Å². The molecule has 4 nitrogen and oxygen atoms in total. The van der Waals surface area contributed by atoms with Crippen LogP contribution >= 0.6 is 0 Å². The molecule has 3 rings (SSSR count). The molecule has 3 aliphatic rings. The van der Waals surface area contributed by atoms with E-state index < -0.39 is 0 Å². The lowest BCUT2D eigenvalue weighted by Gasteiger charge is -2.50. The van der Waals surface area contributed by atoms with E-state index in [0.29, 0.717) is 6.04 Å². The predicted molar refractivity (Wildman–Crippen MR) is 79.8 cm³/mol. The third kappa shape index (κ3) is 3.19. The molecule has 2 saturated heterocycles. The number of nitrogens with two attached hydrogens (primary N) is 1. The summed E-state index contributed by atoms with van der Waals surface area (Å²) in [5.41, 5.74) is 5.85. The second-order valence-corrected chi connectivity index (χ2v) is 6.76. The minimum atomic E-state index is 0.117. The van der Waals surface area contributed by atoms with Crippen LogP contribution in [0.1, 0.15) is 51.4 Å². The molecule has 3 fully saturated rings. The van der Waals surface area contributed by atoms with Gasteiger partial charge in [-0.3, -0.25) is 4.90 Å². The van der Waals surface area contributed by atoms with Crippen LogP contribution in [0.3, 0.4) is 0 Å². The van der Waals surface area contributed by atoms with E-state index >= 15 is 0 Å². The number of hydrogen-bond acceptors (Lipinski definition) is 4. The Morgan fingerprint density at radius 3 is 2.50 bits per heavy atom. The highest BCUT2D eigenvalue weighted by molar-refractivity contribution is 4.95. The van der Waals surface area contributed by atoms with Crippen LogP contribution in [0.15, 0.2) is 0 Å². The van der Waals surface area contributed by atoms with Gasteiger partial charge in [-0.25, -0.2) is 0 Å². The SMILES string of the molecule is NCCCN(C1CCC1)C1CCOC2(CCOCC2)C1. The Balaban J connectivity index is 1.63. The average molecular weight is 282 g/mol. The smallest absolute Gasteiger partial charge is 0.0741 e. The van der Waals surface area contributed by atoms with Crippen LogP contribution in [-0.2, 0) is 9.47 Å². The molecule has 0 amide bonds. The first-order chi connectivity index (χ1) is 9.83. The Bertz CT molecular complexity index is 295. The summed E-state index contributed by atoms with van der Waals surface area (Å²) in [5, 5.41) is 0. The number of rotatable bonds is 5. The van der Waals surface area contributed by atoms with Gasteiger partial charge in [-0.2, -0.15) is 0 Å². The van der Waals surface area contributed by atoms with Crippen LogP contribution < -0.4 is 5.73 Å². The van der Waals surface area contributed by atoms with Crippen molar-refractivity contribution in [3.05, 3.63) is 0 Å². The van der Waals surface area contributed by atoms with Crippen molar-refractivity contribution in [3.8, 4) is 0 Å². The molecular formula is C16H30N2O2. The summed E-state index contributed by atoms with van der Waals surface area (Å²) < 4.78 is 11.7. The molecule has 0 aromatic carbocycles. The zero-order valence-corrected chi connectivity index (χ0v) is 12.7. The standard InChI is InChI=1S/C16H30N2O2/c17-8-2-9-18(14-3-1-4-14)15-5-10-20-16(13-15)6-11-19-12-7-16/h14-15H,1-13,17H2. The molecule has 1 atom stereocenters. The molecule has 1 saturated carbocycles. The van der Waals surface area contributed by atoms with Gasteiger partial charge >= 0.3 is 0 Å². The summed E-state index contributed by atoms with van der Waals surface area (Å²) in [5.74, 6) is 0. The van der Waals surface area contributed by atoms with Crippen LogP contribution in [0.5, 0.6) is 0 Å². The van der Waals surface area contributed by atoms with Crippen LogP contribution in [-0.4, -0.2) is 55.5 Å². The Morgan fingerprint density at radius 1 is 1.05 bits per heavy atom. The minimum absolute atomic E-state index is 0.117. The lowest BCUT2D eigenvalue weighted by molar-refractivity contribution is -0.156. The fourth-order valence-corrected chi connectivity index (χ4v) is 4.03. The summed E-state index contributed by atoms with van der Waals surface area (Å²) in [7, 11) is 0. The van der Waals surface area contributed by atoms with Crippen molar-refractivity contribution in [2.45, 2.75) is 69.1 Å². The summed E-state index contributed by atoms with van der Waals surface area (Å²) in [6, 6.07) is 1.53. The van der Waals surface area contributed by atoms with Gasteiger partial charge in [-0.05, 0) is 58.0 Å². The molecule has 4 heteroatoms. The molecule has 0 radical (unpaired) electrons. The fourth-order valence-electron chi connectivity index (χ4n) is 4.03. The van der Waals surface area contributed by atoms with Crippen LogP contribution in [0.2, 0.25) is 0 Å². The first-order valence-electron chi connectivity index (χ1n) is 8.50. The van der Waals surface area contributed by atoms with Crippen LogP contribution in [0.4, 0.5) is 0 Å².